The summed E-state index contributed by atoms with van der Waals surface area (Å²) in [6.45, 7) is 6.70. The van der Waals surface area contributed by atoms with Crippen LogP contribution in [0.1, 0.15) is 65.6 Å². The summed E-state index contributed by atoms with van der Waals surface area (Å²) in [4.78, 5) is 0.543. The third kappa shape index (κ3) is 3.38. The van der Waals surface area contributed by atoms with Gasteiger partial charge in [-0.2, -0.15) is 0 Å². The topological polar surface area (TPSA) is 0 Å². The summed E-state index contributed by atoms with van der Waals surface area (Å²) in [7, 11) is 0. The molecule has 1 heteroatoms. The van der Waals surface area contributed by atoms with Crippen LogP contribution in [0.5, 0.6) is 0 Å². The number of aryl methyl sites for hydroxylation is 3. The first-order chi connectivity index (χ1) is 8.58. The molecule has 0 heterocycles. The Morgan fingerprint density at radius 2 is 1.61 bits per heavy atom. The predicted octanol–water partition coefficient (Wildman–Crippen LogP) is 6.02. The van der Waals surface area contributed by atoms with Gasteiger partial charge in [0.15, 0.2) is 0 Å². The molecule has 0 radical (unpaired) electrons. The van der Waals surface area contributed by atoms with Crippen molar-refractivity contribution >= 4 is 15.9 Å². The van der Waals surface area contributed by atoms with E-state index in [0.29, 0.717) is 4.83 Å². The highest BCUT2D eigenvalue weighted by Crippen LogP contribution is 2.38. The van der Waals surface area contributed by atoms with Gasteiger partial charge in [-0.05, 0) is 49.8 Å². The number of hydrogen-bond donors (Lipinski definition) is 0. The normalized spacial score (nSPS) is 18.9. The average Bonchev–Trinajstić information content (AvgIpc) is 2.28. The summed E-state index contributed by atoms with van der Waals surface area (Å²) >= 11 is 3.95. The number of rotatable bonds is 3. The van der Waals surface area contributed by atoms with Crippen LogP contribution in [0.25, 0.3) is 0 Å². The van der Waals surface area contributed by atoms with Crippen LogP contribution in [0.15, 0.2) is 12.1 Å². The third-order valence-corrected chi connectivity index (χ3v) is 5.15. The van der Waals surface area contributed by atoms with Gasteiger partial charge in [-0.15, -0.1) is 0 Å². The van der Waals surface area contributed by atoms with Crippen LogP contribution >= 0.6 is 15.9 Å². The van der Waals surface area contributed by atoms with E-state index < -0.39 is 0 Å². The molecule has 0 aliphatic heterocycles. The van der Waals surface area contributed by atoms with Crippen LogP contribution in [0.3, 0.4) is 0 Å². The molecule has 1 fully saturated rings. The van der Waals surface area contributed by atoms with Gasteiger partial charge < -0.3 is 0 Å². The fourth-order valence-corrected chi connectivity index (χ4v) is 4.77. The maximum absolute atomic E-state index is 3.95. The molecule has 0 amide bonds. The summed E-state index contributed by atoms with van der Waals surface area (Å²) in [6, 6.07) is 4.63. The zero-order valence-corrected chi connectivity index (χ0v) is 13.5. The minimum absolute atomic E-state index is 0.543. The van der Waals surface area contributed by atoms with Crippen LogP contribution < -0.4 is 0 Å². The highest BCUT2D eigenvalue weighted by atomic mass is 79.9. The Kier molecular flexibility index (Phi) is 4.89. The summed E-state index contributed by atoms with van der Waals surface area (Å²) in [5.74, 6) is 0.934. The fourth-order valence-electron chi connectivity index (χ4n) is 3.52. The van der Waals surface area contributed by atoms with Crippen molar-refractivity contribution in [1.29, 1.82) is 0 Å². The number of alkyl halides is 1. The van der Waals surface area contributed by atoms with E-state index in [9.17, 15) is 0 Å². The van der Waals surface area contributed by atoms with Crippen molar-refractivity contribution in [2.45, 2.75) is 64.1 Å². The Bertz CT molecular complexity index is 379. The van der Waals surface area contributed by atoms with Gasteiger partial charge in [-0.3, -0.25) is 0 Å². The molecule has 1 aliphatic rings. The lowest BCUT2D eigenvalue weighted by Crippen LogP contribution is -2.10. The van der Waals surface area contributed by atoms with Crippen molar-refractivity contribution in [2.75, 3.05) is 0 Å². The van der Waals surface area contributed by atoms with Crippen LogP contribution in [-0.4, -0.2) is 0 Å². The number of halogens is 1. The molecule has 0 aromatic heterocycles. The van der Waals surface area contributed by atoms with Gasteiger partial charge in [0, 0.05) is 4.83 Å². The van der Waals surface area contributed by atoms with Gasteiger partial charge in [0.25, 0.3) is 0 Å². The Balaban J connectivity index is 2.10. The van der Waals surface area contributed by atoms with Crippen molar-refractivity contribution in [1.82, 2.24) is 0 Å². The molecule has 1 saturated carbocycles. The molecule has 1 aromatic carbocycles. The number of benzene rings is 1. The quantitative estimate of drug-likeness (QED) is 0.599. The molecule has 100 valence electrons. The van der Waals surface area contributed by atoms with Crippen molar-refractivity contribution in [2.24, 2.45) is 5.92 Å². The third-order valence-electron chi connectivity index (χ3n) is 4.32. The first kappa shape index (κ1) is 14.1. The van der Waals surface area contributed by atoms with E-state index in [4.69, 9.17) is 0 Å². The maximum Gasteiger partial charge on any atom is 0.0403 e. The second-order valence-corrected chi connectivity index (χ2v) is 7.12. The van der Waals surface area contributed by atoms with Crippen LogP contribution in [-0.2, 0) is 0 Å². The lowest BCUT2D eigenvalue weighted by atomic mass is 9.84. The summed E-state index contributed by atoms with van der Waals surface area (Å²) in [6.07, 6.45) is 8.52. The molecule has 1 atom stereocenters. The minimum Gasteiger partial charge on any atom is -0.0838 e. The van der Waals surface area contributed by atoms with E-state index in [0.717, 1.165) is 5.92 Å². The van der Waals surface area contributed by atoms with E-state index >= 15 is 0 Å². The first-order valence-electron chi connectivity index (χ1n) is 7.29. The van der Waals surface area contributed by atoms with Gasteiger partial charge in [0.1, 0.15) is 0 Å². The second-order valence-electron chi connectivity index (χ2n) is 6.02. The fraction of sp³-hybridized carbons (Fsp3) is 0.647. The molecule has 0 nitrogen and oxygen atoms in total. The van der Waals surface area contributed by atoms with Gasteiger partial charge >= 0.3 is 0 Å². The van der Waals surface area contributed by atoms with Crippen molar-refractivity contribution < 1.29 is 0 Å². The van der Waals surface area contributed by atoms with Gasteiger partial charge in [0.2, 0.25) is 0 Å². The van der Waals surface area contributed by atoms with E-state index in [-0.39, 0.29) is 0 Å². The Morgan fingerprint density at radius 1 is 1.06 bits per heavy atom. The van der Waals surface area contributed by atoms with Crippen LogP contribution in [0, 0.1) is 26.7 Å². The van der Waals surface area contributed by atoms with E-state index in [2.05, 4.69) is 48.8 Å². The van der Waals surface area contributed by atoms with Crippen molar-refractivity contribution in [3.63, 3.8) is 0 Å². The van der Waals surface area contributed by atoms with Gasteiger partial charge in [-0.25, -0.2) is 0 Å². The molecular weight excluding hydrogens is 284 g/mol. The molecule has 2 rings (SSSR count). The minimum atomic E-state index is 0.543. The standard InChI is InChI=1S/C17H25Br/c1-12-9-13(2)17(14(3)10-12)16(18)11-15-7-5-4-6-8-15/h9-10,15-16H,4-8,11H2,1-3H3. The van der Waals surface area contributed by atoms with E-state index in [1.54, 1.807) is 0 Å². The average molecular weight is 309 g/mol. The zero-order chi connectivity index (χ0) is 13.1. The molecule has 0 saturated heterocycles. The second kappa shape index (κ2) is 6.23. The van der Waals surface area contributed by atoms with Crippen LogP contribution in [0.2, 0.25) is 0 Å². The zero-order valence-electron chi connectivity index (χ0n) is 11.9. The highest BCUT2D eigenvalue weighted by molar-refractivity contribution is 9.09. The Labute approximate surface area is 120 Å². The monoisotopic (exact) mass is 308 g/mol. The SMILES string of the molecule is Cc1cc(C)c(C(Br)CC2CCCCC2)c(C)c1. The summed E-state index contributed by atoms with van der Waals surface area (Å²) < 4.78 is 0. The molecule has 18 heavy (non-hydrogen) atoms. The molecule has 0 bridgehead atoms. The Hall–Kier alpha value is -0.300. The largest absolute Gasteiger partial charge is 0.0838 e. The highest BCUT2D eigenvalue weighted by Gasteiger charge is 2.20. The lowest BCUT2D eigenvalue weighted by Gasteiger charge is -2.25. The molecule has 0 N–H and O–H groups in total. The summed E-state index contributed by atoms with van der Waals surface area (Å²) in [5, 5.41) is 0. The van der Waals surface area contributed by atoms with Crippen LogP contribution in [0.4, 0.5) is 0 Å². The van der Waals surface area contributed by atoms with E-state index in [1.807, 2.05) is 0 Å². The molecule has 1 aliphatic carbocycles. The summed E-state index contributed by atoms with van der Waals surface area (Å²) in [5.41, 5.74) is 5.81. The first-order valence-corrected chi connectivity index (χ1v) is 8.21. The number of hydrogen-bond acceptors (Lipinski definition) is 0. The van der Waals surface area contributed by atoms with Crippen molar-refractivity contribution in [3.8, 4) is 0 Å². The molecule has 1 aromatic rings. The Morgan fingerprint density at radius 3 is 2.17 bits per heavy atom. The van der Waals surface area contributed by atoms with Crippen molar-refractivity contribution in [3.05, 3.63) is 34.4 Å². The van der Waals surface area contributed by atoms with Gasteiger partial charge in [0.05, 0.1) is 0 Å². The predicted molar refractivity (Wildman–Crippen MR) is 83.5 cm³/mol. The van der Waals surface area contributed by atoms with E-state index in [1.165, 1.54) is 60.8 Å². The molecular formula is C17H25Br. The van der Waals surface area contributed by atoms with Gasteiger partial charge in [-0.1, -0.05) is 65.7 Å². The molecule has 0 spiro atoms. The molecule has 1 unspecified atom stereocenters. The lowest BCUT2D eigenvalue weighted by molar-refractivity contribution is 0.338. The maximum atomic E-state index is 3.95. The smallest absolute Gasteiger partial charge is 0.0403 e.